The molecule has 0 unspecified atom stereocenters. The zero-order chi connectivity index (χ0) is 23.9. The second-order valence-corrected chi connectivity index (χ2v) is 10.8. The van der Waals surface area contributed by atoms with Crippen LogP contribution in [0.4, 0.5) is 0 Å². The highest BCUT2D eigenvalue weighted by Gasteiger charge is 2.30. The van der Waals surface area contributed by atoms with Gasteiger partial charge in [-0.05, 0) is 62.6 Å². The fourth-order valence-corrected chi connectivity index (χ4v) is 4.43. The highest BCUT2D eigenvalue weighted by atomic mass is 35.5. The molecule has 0 saturated heterocycles. The second-order valence-electron chi connectivity index (χ2n) is 8.55. The average Bonchev–Trinajstić information content (AvgIpc) is 2.70. The molecule has 32 heavy (non-hydrogen) atoms. The van der Waals surface area contributed by atoms with Gasteiger partial charge in [-0.15, -0.1) is 11.8 Å². The number of benzene rings is 2. The van der Waals surface area contributed by atoms with E-state index in [0.717, 1.165) is 11.1 Å². The van der Waals surface area contributed by atoms with Crippen LogP contribution in [0.5, 0.6) is 0 Å². The van der Waals surface area contributed by atoms with Crippen LogP contribution in [0.15, 0.2) is 42.5 Å². The van der Waals surface area contributed by atoms with Crippen molar-refractivity contribution in [2.75, 3.05) is 5.75 Å². The van der Waals surface area contributed by atoms with Crippen molar-refractivity contribution < 1.29 is 9.59 Å². The Balaban J connectivity index is 2.15. The van der Waals surface area contributed by atoms with Crippen LogP contribution in [0.25, 0.3) is 0 Å². The molecule has 0 bridgehead atoms. The number of carbonyl (C=O) groups excluding carboxylic acids is 2. The topological polar surface area (TPSA) is 49.4 Å². The minimum Gasteiger partial charge on any atom is -0.350 e. The van der Waals surface area contributed by atoms with Gasteiger partial charge in [-0.25, -0.2) is 0 Å². The molecule has 2 amide bonds. The Kier molecular flexibility index (Phi) is 10.2. The summed E-state index contributed by atoms with van der Waals surface area (Å²) in [7, 11) is 0. The molecule has 2 aromatic rings. The molecule has 0 aliphatic carbocycles. The predicted molar refractivity (Wildman–Crippen MR) is 137 cm³/mol. The van der Waals surface area contributed by atoms with Gasteiger partial charge in [0.2, 0.25) is 11.8 Å². The van der Waals surface area contributed by atoms with Crippen molar-refractivity contribution in [3.63, 3.8) is 0 Å². The lowest BCUT2D eigenvalue weighted by Crippen LogP contribution is -2.53. The summed E-state index contributed by atoms with van der Waals surface area (Å²) in [5.74, 6) is 0.605. The molecule has 1 atom stereocenters. The molecule has 0 aliphatic rings. The van der Waals surface area contributed by atoms with E-state index in [1.807, 2.05) is 45.9 Å². The Morgan fingerprint density at radius 3 is 2.19 bits per heavy atom. The van der Waals surface area contributed by atoms with Crippen molar-refractivity contribution in [3.05, 3.63) is 68.7 Å². The van der Waals surface area contributed by atoms with Crippen LogP contribution in [0, 0.1) is 0 Å². The quantitative estimate of drug-likeness (QED) is 0.409. The first-order chi connectivity index (χ1) is 15.0. The fraction of sp³-hybridized carbons (Fsp3) is 0.417. The van der Waals surface area contributed by atoms with E-state index in [4.69, 9.17) is 34.8 Å². The molecule has 174 valence electrons. The van der Waals surface area contributed by atoms with Gasteiger partial charge in [-0.3, -0.25) is 9.59 Å². The highest BCUT2D eigenvalue weighted by Crippen LogP contribution is 2.25. The van der Waals surface area contributed by atoms with Crippen LogP contribution < -0.4 is 5.32 Å². The predicted octanol–water partition coefficient (Wildman–Crippen LogP) is 6.60. The summed E-state index contributed by atoms with van der Waals surface area (Å²) in [6, 6.07) is 12.2. The van der Waals surface area contributed by atoms with Crippen molar-refractivity contribution >= 4 is 58.4 Å². The molecule has 0 radical (unpaired) electrons. The van der Waals surface area contributed by atoms with Gasteiger partial charge in [0.25, 0.3) is 0 Å². The maximum Gasteiger partial charge on any atom is 0.243 e. The Hall–Kier alpha value is -1.40. The molecule has 2 rings (SSSR count). The Morgan fingerprint density at radius 2 is 1.62 bits per heavy atom. The molecule has 4 nitrogen and oxygen atoms in total. The van der Waals surface area contributed by atoms with Crippen LogP contribution in [0.3, 0.4) is 0 Å². The standard InChI is InChI=1S/C24H29Cl3N2O2S/c1-5-21(23(31)28-24(2,3)4)29(13-16-6-9-18(25)10-7-16)22(30)15-32-14-17-8-11-19(26)20(27)12-17/h6-12,21H,5,13-15H2,1-4H3,(H,28,31)/t21-/m1/s1. The van der Waals surface area contributed by atoms with Crippen LogP contribution in [0.2, 0.25) is 15.1 Å². The van der Waals surface area contributed by atoms with Gasteiger partial charge in [0, 0.05) is 22.9 Å². The van der Waals surface area contributed by atoms with E-state index < -0.39 is 6.04 Å². The lowest BCUT2D eigenvalue weighted by molar-refractivity contribution is -0.140. The Morgan fingerprint density at radius 1 is 1.00 bits per heavy atom. The molecule has 0 aliphatic heterocycles. The van der Waals surface area contributed by atoms with E-state index in [0.29, 0.717) is 33.8 Å². The van der Waals surface area contributed by atoms with Crippen molar-refractivity contribution in [3.8, 4) is 0 Å². The van der Waals surface area contributed by atoms with Crippen LogP contribution in [-0.2, 0) is 21.9 Å². The van der Waals surface area contributed by atoms with Crippen molar-refractivity contribution in [2.24, 2.45) is 0 Å². The van der Waals surface area contributed by atoms with E-state index in [1.165, 1.54) is 11.8 Å². The molecule has 0 saturated carbocycles. The molecule has 0 spiro atoms. The molecule has 8 heteroatoms. The van der Waals surface area contributed by atoms with E-state index in [-0.39, 0.29) is 23.1 Å². The fourth-order valence-electron chi connectivity index (χ4n) is 3.13. The number of hydrogen-bond donors (Lipinski definition) is 1. The maximum absolute atomic E-state index is 13.2. The smallest absolute Gasteiger partial charge is 0.243 e. The molecule has 1 N–H and O–H groups in total. The summed E-state index contributed by atoms with van der Waals surface area (Å²) in [6.07, 6.45) is 0.513. The first kappa shape index (κ1) is 26.8. The highest BCUT2D eigenvalue weighted by molar-refractivity contribution is 7.99. The van der Waals surface area contributed by atoms with Crippen molar-refractivity contribution in [1.29, 1.82) is 0 Å². The molecule has 0 heterocycles. The number of thioether (sulfide) groups is 1. The van der Waals surface area contributed by atoms with E-state index >= 15 is 0 Å². The first-order valence-electron chi connectivity index (χ1n) is 10.4. The maximum atomic E-state index is 13.2. The summed E-state index contributed by atoms with van der Waals surface area (Å²) < 4.78 is 0. The van der Waals surface area contributed by atoms with Gasteiger partial charge in [-0.1, -0.05) is 59.9 Å². The van der Waals surface area contributed by atoms with Gasteiger partial charge < -0.3 is 10.2 Å². The molecule has 0 aromatic heterocycles. The molecule has 2 aromatic carbocycles. The second kappa shape index (κ2) is 12.2. The van der Waals surface area contributed by atoms with Gasteiger partial charge >= 0.3 is 0 Å². The van der Waals surface area contributed by atoms with Crippen LogP contribution >= 0.6 is 46.6 Å². The molecule has 0 fully saturated rings. The van der Waals surface area contributed by atoms with E-state index in [2.05, 4.69) is 5.32 Å². The third kappa shape index (κ3) is 8.51. The van der Waals surface area contributed by atoms with Crippen molar-refractivity contribution in [2.45, 2.75) is 58.0 Å². The Bertz CT molecular complexity index is 930. The zero-order valence-corrected chi connectivity index (χ0v) is 21.8. The van der Waals surface area contributed by atoms with Gasteiger partial charge in [0.1, 0.15) is 6.04 Å². The zero-order valence-electron chi connectivity index (χ0n) is 18.8. The average molecular weight is 516 g/mol. The number of halogens is 3. The number of nitrogens with zero attached hydrogens (tertiary/aromatic N) is 1. The Labute approximate surface area is 210 Å². The summed E-state index contributed by atoms with van der Waals surface area (Å²) in [6.45, 7) is 8.03. The normalized spacial score (nSPS) is 12.3. The lowest BCUT2D eigenvalue weighted by atomic mass is 10.1. The number of carbonyl (C=O) groups is 2. The summed E-state index contributed by atoms with van der Waals surface area (Å²) in [5.41, 5.74) is 1.51. The minimum absolute atomic E-state index is 0.0964. The number of amides is 2. The summed E-state index contributed by atoms with van der Waals surface area (Å²) in [4.78, 5) is 27.9. The molecular formula is C24H29Cl3N2O2S. The van der Waals surface area contributed by atoms with Gasteiger partial charge in [0.05, 0.1) is 15.8 Å². The SMILES string of the molecule is CC[C@H](C(=O)NC(C)(C)C)N(Cc1ccc(Cl)cc1)C(=O)CSCc1ccc(Cl)c(Cl)c1. The van der Waals surface area contributed by atoms with Gasteiger partial charge in [0.15, 0.2) is 0 Å². The summed E-state index contributed by atoms with van der Waals surface area (Å²) in [5, 5.41) is 4.62. The van der Waals surface area contributed by atoms with Crippen LogP contribution in [0.1, 0.15) is 45.2 Å². The number of nitrogens with one attached hydrogen (secondary N) is 1. The third-order valence-electron chi connectivity index (χ3n) is 4.63. The van der Waals surface area contributed by atoms with E-state index in [9.17, 15) is 9.59 Å². The largest absolute Gasteiger partial charge is 0.350 e. The van der Waals surface area contributed by atoms with E-state index in [1.54, 1.807) is 29.2 Å². The minimum atomic E-state index is -0.567. The number of rotatable bonds is 9. The van der Waals surface area contributed by atoms with Crippen molar-refractivity contribution in [1.82, 2.24) is 10.2 Å². The van der Waals surface area contributed by atoms with Gasteiger partial charge in [-0.2, -0.15) is 0 Å². The van der Waals surface area contributed by atoms with Crippen LogP contribution in [-0.4, -0.2) is 34.0 Å². The first-order valence-corrected chi connectivity index (χ1v) is 12.7. The monoisotopic (exact) mass is 514 g/mol. The summed E-state index contributed by atoms with van der Waals surface area (Å²) >= 11 is 19.5. The molecular weight excluding hydrogens is 487 g/mol. The number of hydrogen-bond acceptors (Lipinski definition) is 3. The third-order valence-corrected chi connectivity index (χ3v) is 6.61. The lowest BCUT2D eigenvalue weighted by Gasteiger charge is -2.33.